The zero-order valence-electron chi connectivity index (χ0n) is 16.8. The van der Waals surface area contributed by atoms with Crippen molar-refractivity contribution in [2.24, 2.45) is 0 Å². The van der Waals surface area contributed by atoms with E-state index in [1.807, 2.05) is 0 Å². The van der Waals surface area contributed by atoms with E-state index < -0.39 is 49.7 Å². The van der Waals surface area contributed by atoms with Gasteiger partial charge < -0.3 is 29.9 Å². The summed E-state index contributed by atoms with van der Waals surface area (Å²) in [5, 5.41) is 40.2. The lowest BCUT2D eigenvalue weighted by atomic mass is 9.90. The summed E-state index contributed by atoms with van der Waals surface area (Å²) < 4.78 is 36.5. The van der Waals surface area contributed by atoms with E-state index in [-0.39, 0.29) is 0 Å². The summed E-state index contributed by atoms with van der Waals surface area (Å²) >= 11 is 6.32. The van der Waals surface area contributed by atoms with Crippen molar-refractivity contribution >= 4 is 11.6 Å². The van der Waals surface area contributed by atoms with E-state index in [9.17, 15) is 29.2 Å². The minimum Gasteiger partial charge on any atom is -0.487 e. The third-order valence-corrected chi connectivity index (χ3v) is 5.47. The SMILES string of the molecule is CC(F)(F)COc1ccc(Cc2cc([C@@H]3O[C@H](CO)[C@@H](O)[C@H](O)[C@H]3O)ccc2Cl)cc1. The van der Waals surface area contributed by atoms with Gasteiger partial charge in [0.1, 0.15) is 36.3 Å². The van der Waals surface area contributed by atoms with Crippen LogP contribution in [0, 0.1) is 0 Å². The Morgan fingerprint density at radius 3 is 2.32 bits per heavy atom. The molecule has 9 heteroatoms. The number of alkyl halides is 2. The first-order valence-corrected chi connectivity index (χ1v) is 10.2. The van der Waals surface area contributed by atoms with Gasteiger partial charge in [0.05, 0.1) is 6.61 Å². The maximum absolute atomic E-state index is 12.9. The maximum atomic E-state index is 12.9. The topological polar surface area (TPSA) is 99.4 Å². The van der Waals surface area contributed by atoms with Crippen molar-refractivity contribution in [1.82, 2.24) is 0 Å². The summed E-state index contributed by atoms with van der Waals surface area (Å²) in [6.45, 7) is -0.439. The molecule has 3 rings (SSSR count). The molecule has 0 unspecified atom stereocenters. The molecule has 2 aromatic rings. The van der Waals surface area contributed by atoms with Crippen LogP contribution >= 0.6 is 11.6 Å². The first-order chi connectivity index (χ1) is 14.6. The van der Waals surface area contributed by atoms with Gasteiger partial charge >= 0.3 is 0 Å². The molecule has 0 aromatic heterocycles. The smallest absolute Gasteiger partial charge is 0.278 e. The average Bonchev–Trinajstić information content (AvgIpc) is 2.73. The average molecular weight is 459 g/mol. The van der Waals surface area contributed by atoms with Crippen LogP contribution in [0.25, 0.3) is 0 Å². The predicted octanol–water partition coefficient (Wildman–Crippen LogP) is 2.48. The maximum Gasteiger partial charge on any atom is 0.278 e. The fourth-order valence-electron chi connectivity index (χ4n) is 3.42. The minimum absolute atomic E-state index is 0.325. The van der Waals surface area contributed by atoms with Gasteiger partial charge in [0, 0.05) is 11.9 Å². The van der Waals surface area contributed by atoms with Crippen LogP contribution in [0.4, 0.5) is 8.78 Å². The molecule has 1 aliphatic rings. The van der Waals surface area contributed by atoms with E-state index in [0.717, 1.165) is 12.5 Å². The molecule has 0 bridgehead atoms. The van der Waals surface area contributed by atoms with Gasteiger partial charge in [-0.2, -0.15) is 0 Å². The molecule has 1 aliphatic heterocycles. The fourth-order valence-corrected chi connectivity index (χ4v) is 3.60. The Morgan fingerprint density at radius 1 is 1.03 bits per heavy atom. The van der Waals surface area contributed by atoms with Gasteiger partial charge in [-0.1, -0.05) is 35.9 Å². The largest absolute Gasteiger partial charge is 0.487 e. The third-order valence-electron chi connectivity index (χ3n) is 5.10. The van der Waals surface area contributed by atoms with Crippen LogP contribution in [0.5, 0.6) is 5.75 Å². The third kappa shape index (κ3) is 5.91. The molecule has 0 saturated carbocycles. The Labute approximate surface area is 183 Å². The summed E-state index contributed by atoms with van der Waals surface area (Å²) in [7, 11) is 0. The number of aliphatic hydroxyl groups excluding tert-OH is 4. The highest BCUT2D eigenvalue weighted by molar-refractivity contribution is 6.31. The molecule has 0 radical (unpaired) electrons. The molecule has 31 heavy (non-hydrogen) atoms. The molecule has 1 saturated heterocycles. The Morgan fingerprint density at radius 2 is 1.71 bits per heavy atom. The van der Waals surface area contributed by atoms with Crippen LogP contribution in [-0.2, 0) is 11.2 Å². The van der Waals surface area contributed by atoms with Crippen molar-refractivity contribution in [2.45, 2.75) is 49.8 Å². The standard InChI is InChI=1S/C22H25ClF2O6/c1-22(24,25)11-30-15-5-2-12(3-6-15)8-14-9-13(4-7-16(14)23)21-20(29)19(28)18(27)17(10-26)31-21/h2-7,9,17-21,26-29H,8,10-11H2,1H3/t17-,18-,19+,20-,21+/m1/s1. The Kier molecular flexibility index (Phi) is 7.51. The highest BCUT2D eigenvalue weighted by Crippen LogP contribution is 2.34. The highest BCUT2D eigenvalue weighted by Gasteiger charge is 2.44. The molecule has 1 fully saturated rings. The molecule has 4 N–H and O–H groups in total. The van der Waals surface area contributed by atoms with Gasteiger partial charge in [0.25, 0.3) is 5.92 Å². The molecule has 6 nitrogen and oxygen atoms in total. The van der Waals surface area contributed by atoms with Gasteiger partial charge in [-0.15, -0.1) is 0 Å². The summed E-state index contributed by atoms with van der Waals surface area (Å²) in [6, 6.07) is 11.7. The first kappa shape index (κ1) is 23.8. The lowest BCUT2D eigenvalue weighted by Gasteiger charge is -2.40. The van der Waals surface area contributed by atoms with E-state index >= 15 is 0 Å². The first-order valence-electron chi connectivity index (χ1n) is 9.77. The van der Waals surface area contributed by atoms with E-state index in [2.05, 4.69) is 0 Å². The number of halogens is 3. The second-order valence-corrected chi connectivity index (χ2v) is 8.19. The van der Waals surface area contributed by atoms with Gasteiger partial charge in [0.2, 0.25) is 0 Å². The number of rotatable bonds is 7. The number of benzene rings is 2. The van der Waals surface area contributed by atoms with Gasteiger partial charge in [-0.3, -0.25) is 0 Å². The van der Waals surface area contributed by atoms with Crippen molar-refractivity contribution in [3.63, 3.8) is 0 Å². The molecule has 0 amide bonds. The van der Waals surface area contributed by atoms with Crippen LogP contribution in [-0.4, -0.2) is 64.0 Å². The number of ether oxygens (including phenoxy) is 2. The molecule has 5 atom stereocenters. The van der Waals surface area contributed by atoms with Crippen LogP contribution in [0.2, 0.25) is 5.02 Å². The molecule has 0 aliphatic carbocycles. The van der Waals surface area contributed by atoms with Crippen LogP contribution in [0.1, 0.15) is 29.7 Å². The molecular weight excluding hydrogens is 434 g/mol. The van der Waals surface area contributed by atoms with E-state index in [4.69, 9.17) is 21.1 Å². The van der Waals surface area contributed by atoms with Crippen LogP contribution in [0.15, 0.2) is 42.5 Å². The monoisotopic (exact) mass is 458 g/mol. The quantitative estimate of drug-likeness (QED) is 0.509. The number of hydrogen-bond acceptors (Lipinski definition) is 6. The summed E-state index contributed by atoms with van der Waals surface area (Å²) in [5.41, 5.74) is 2.09. The lowest BCUT2D eigenvalue weighted by Crippen LogP contribution is -2.55. The van der Waals surface area contributed by atoms with Gasteiger partial charge in [-0.05, 0) is 41.3 Å². The molecule has 1 heterocycles. The van der Waals surface area contributed by atoms with Crippen molar-refractivity contribution < 1.29 is 38.7 Å². The Hall–Kier alpha value is -1.81. The summed E-state index contributed by atoms with van der Waals surface area (Å²) in [4.78, 5) is 0. The van der Waals surface area contributed by atoms with E-state index in [1.54, 1.807) is 42.5 Å². The number of aliphatic hydroxyl groups is 4. The molecular formula is C22H25ClF2O6. The predicted molar refractivity (Wildman–Crippen MR) is 110 cm³/mol. The normalized spacial score (nSPS) is 26.6. The van der Waals surface area contributed by atoms with Crippen molar-refractivity contribution in [3.05, 3.63) is 64.2 Å². The summed E-state index contributed by atoms with van der Waals surface area (Å²) in [6.07, 6.45) is -5.85. The minimum atomic E-state index is -2.92. The zero-order valence-corrected chi connectivity index (χ0v) is 17.5. The van der Waals surface area contributed by atoms with Crippen molar-refractivity contribution in [2.75, 3.05) is 13.2 Å². The zero-order chi connectivity index (χ0) is 22.8. The number of hydrogen-bond donors (Lipinski definition) is 4. The van der Waals surface area contributed by atoms with Crippen LogP contribution < -0.4 is 4.74 Å². The fraction of sp³-hybridized carbons (Fsp3) is 0.455. The Balaban J connectivity index is 1.75. The highest BCUT2D eigenvalue weighted by atomic mass is 35.5. The lowest BCUT2D eigenvalue weighted by molar-refractivity contribution is -0.231. The second-order valence-electron chi connectivity index (χ2n) is 7.78. The molecule has 0 spiro atoms. The van der Waals surface area contributed by atoms with Gasteiger partial charge in [-0.25, -0.2) is 8.78 Å². The van der Waals surface area contributed by atoms with E-state index in [1.165, 1.54) is 0 Å². The Bertz CT molecular complexity index is 871. The van der Waals surface area contributed by atoms with E-state index in [0.29, 0.717) is 28.3 Å². The summed E-state index contributed by atoms with van der Waals surface area (Å²) in [5.74, 6) is -2.59. The van der Waals surface area contributed by atoms with Gasteiger partial charge in [0.15, 0.2) is 6.61 Å². The molecule has 2 aromatic carbocycles. The molecule has 170 valence electrons. The van der Waals surface area contributed by atoms with Crippen molar-refractivity contribution in [1.29, 1.82) is 0 Å². The second kappa shape index (κ2) is 9.77. The van der Waals surface area contributed by atoms with Crippen molar-refractivity contribution in [3.8, 4) is 5.75 Å². The van der Waals surface area contributed by atoms with Crippen LogP contribution in [0.3, 0.4) is 0 Å².